The van der Waals surface area contributed by atoms with Crippen molar-refractivity contribution in [2.24, 2.45) is 0 Å². The molecule has 0 atom stereocenters. The van der Waals surface area contributed by atoms with Gasteiger partial charge < -0.3 is 4.98 Å². The van der Waals surface area contributed by atoms with Crippen molar-refractivity contribution in [1.29, 1.82) is 0 Å². The average Bonchev–Trinajstić information content (AvgIpc) is 2.71. The number of H-pyrrole nitrogens is 2. The summed E-state index contributed by atoms with van der Waals surface area (Å²) in [5.74, 6) is 1.07. The molecule has 0 bridgehead atoms. The Kier molecular flexibility index (Phi) is 3.37. The first-order chi connectivity index (χ1) is 7.33. The highest BCUT2D eigenvalue weighted by atomic mass is 32.2. The van der Waals surface area contributed by atoms with E-state index in [4.69, 9.17) is 12.2 Å². The van der Waals surface area contributed by atoms with Crippen molar-refractivity contribution in [3.05, 3.63) is 11.0 Å². The van der Waals surface area contributed by atoms with Crippen LogP contribution in [0.1, 0.15) is 19.8 Å². The fourth-order valence-electron chi connectivity index (χ4n) is 1.26. The van der Waals surface area contributed by atoms with E-state index in [1.807, 2.05) is 0 Å². The van der Waals surface area contributed by atoms with E-state index < -0.39 is 0 Å². The van der Waals surface area contributed by atoms with E-state index >= 15 is 0 Å². The van der Waals surface area contributed by atoms with E-state index in [0.29, 0.717) is 4.64 Å². The SMILES string of the molecule is CCCCSc1n[nH]c(=S)c2nc[nH]c12. The van der Waals surface area contributed by atoms with Gasteiger partial charge in [0.2, 0.25) is 0 Å². The largest absolute Gasteiger partial charge is 0.342 e. The van der Waals surface area contributed by atoms with Gasteiger partial charge in [0.25, 0.3) is 0 Å². The van der Waals surface area contributed by atoms with E-state index in [2.05, 4.69) is 27.1 Å². The maximum absolute atomic E-state index is 5.09. The molecule has 0 saturated carbocycles. The van der Waals surface area contributed by atoms with E-state index in [-0.39, 0.29) is 0 Å². The molecule has 0 unspecified atom stereocenters. The second-order valence-corrected chi connectivity index (χ2v) is 4.68. The number of aromatic nitrogens is 4. The zero-order valence-electron chi connectivity index (χ0n) is 8.41. The van der Waals surface area contributed by atoms with Crippen molar-refractivity contribution in [2.45, 2.75) is 24.8 Å². The smallest absolute Gasteiger partial charge is 0.147 e. The molecule has 15 heavy (non-hydrogen) atoms. The molecule has 2 heterocycles. The van der Waals surface area contributed by atoms with Crippen LogP contribution in [0.15, 0.2) is 11.4 Å². The second-order valence-electron chi connectivity index (χ2n) is 3.19. The van der Waals surface area contributed by atoms with E-state index in [1.54, 1.807) is 18.1 Å². The van der Waals surface area contributed by atoms with Gasteiger partial charge in [0, 0.05) is 0 Å². The number of imidazole rings is 1. The summed E-state index contributed by atoms with van der Waals surface area (Å²) in [4.78, 5) is 7.24. The van der Waals surface area contributed by atoms with Gasteiger partial charge >= 0.3 is 0 Å². The van der Waals surface area contributed by atoms with Gasteiger partial charge in [0.05, 0.1) is 6.33 Å². The molecule has 0 aliphatic rings. The number of hydrogen-bond acceptors (Lipinski definition) is 4. The summed E-state index contributed by atoms with van der Waals surface area (Å²) in [6.07, 6.45) is 4.04. The first-order valence-corrected chi connectivity index (χ1v) is 6.27. The van der Waals surface area contributed by atoms with Crippen molar-refractivity contribution in [3.63, 3.8) is 0 Å². The van der Waals surface area contributed by atoms with E-state index in [0.717, 1.165) is 21.8 Å². The molecule has 4 nitrogen and oxygen atoms in total. The third-order valence-corrected chi connectivity index (χ3v) is 3.41. The maximum Gasteiger partial charge on any atom is 0.147 e. The molecular weight excluding hydrogens is 228 g/mol. The van der Waals surface area contributed by atoms with Crippen LogP contribution in [0.5, 0.6) is 0 Å². The number of thioether (sulfide) groups is 1. The molecule has 2 rings (SSSR count). The molecule has 2 N–H and O–H groups in total. The van der Waals surface area contributed by atoms with Gasteiger partial charge in [-0.3, -0.25) is 5.10 Å². The van der Waals surface area contributed by atoms with Gasteiger partial charge in [-0.05, 0) is 12.2 Å². The maximum atomic E-state index is 5.09. The molecule has 80 valence electrons. The van der Waals surface area contributed by atoms with Crippen molar-refractivity contribution in [1.82, 2.24) is 20.2 Å². The van der Waals surface area contributed by atoms with Crippen LogP contribution >= 0.6 is 24.0 Å². The Hall–Kier alpha value is -0.880. The normalized spacial score (nSPS) is 11.0. The Morgan fingerprint density at radius 3 is 3.20 bits per heavy atom. The van der Waals surface area contributed by atoms with Crippen molar-refractivity contribution < 1.29 is 0 Å². The number of fused-ring (bicyclic) bond motifs is 1. The third-order valence-electron chi connectivity index (χ3n) is 2.06. The molecule has 0 fully saturated rings. The zero-order valence-corrected chi connectivity index (χ0v) is 10.0. The first-order valence-electron chi connectivity index (χ1n) is 4.87. The average molecular weight is 240 g/mol. The summed E-state index contributed by atoms with van der Waals surface area (Å²) in [5.41, 5.74) is 1.75. The van der Waals surface area contributed by atoms with Crippen LogP contribution in [0.25, 0.3) is 11.0 Å². The predicted octanol–water partition coefficient (Wildman–Crippen LogP) is 2.91. The monoisotopic (exact) mass is 240 g/mol. The van der Waals surface area contributed by atoms with Gasteiger partial charge in [0.15, 0.2) is 0 Å². The van der Waals surface area contributed by atoms with Crippen LogP contribution in [0.4, 0.5) is 0 Å². The molecular formula is C9H12N4S2. The third kappa shape index (κ3) is 2.21. The lowest BCUT2D eigenvalue weighted by molar-refractivity contribution is 0.889. The Morgan fingerprint density at radius 1 is 1.53 bits per heavy atom. The van der Waals surface area contributed by atoms with Crippen LogP contribution in [0, 0.1) is 4.64 Å². The second kappa shape index (κ2) is 4.76. The molecule has 2 aromatic heterocycles. The number of rotatable bonds is 4. The first kappa shape index (κ1) is 10.6. The number of aromatic amines is 2. The summed E-state index contributed by atoms with van der Waals surface area (Å²) < 4.78 is 0.589. The van der Waals surface area contributed by atoms with Crippen LogP contribution in [-0.2, 0) is 0 Å². The number of nitrogens with one attached hydrogen (secondary N) is 2. The lowest BCUT2D eigenvalue weighted by atomic mass is 10.4. The highest BCUT2D eigenvalue weighted by Gasteiger charge is 2.06. The summed E-state index contributed by atoms with van der Waals surface area (Å²) in [6.45, 7) is 2.18. The van der Waals surface area contributed by atoms with Crippen LogP contribution in [-0.4, -0.2) is 25.9 Å². The van der Waals surface area contributed by atoms with Gasteiger partial charge in [-0.25, -0.2) is 4.98 Å². The summed E-state index contributed by atoms with van der Waals surface area (Å²) in [5, 5.41) is 7.98. The molecule has 6 heteroatoms. The fourth-order valence-corrected chi connectivity index (χ4v) is 2.49. The Balaban J connectivity index is 2.31. The van der Waals surface area contributed by atoms with Crippen molar-refractivity contribution in [2.75, 3.05) is 5.75 Å². The molecule has 0 aliphatic heterocycles. The van der Waals surface area contributed by atoms with Gasteiger partial charge in [-0.2, -0.15) is 5.10 Å². The topological polar surface area (TPSA) is 57.4 Å². The number of unbranched alkanes of at least 4 members (excludes halogenated alkanes) is 1. The highest BCUT2D eigenvalue weighted by Crippen LogP contribution is 2.23. The summed E-state index contributed by atoms with van der Waals surface area (Å²) in [7, 11) is 0. The molecule has 0 saturated heterocycles. The Bertz CT molecular complexity index is 502. The van der Waals surface area contributed by atoms with Crippen LogP contribution in [0.3, 0.4) is 0 Å². The van der Waals surface area contributed by atoms with E-state index in [1.165, 1.54) is 12.8 Å². The fraction of sp³-hybridized carbons (Fsp3) is 0.444. The standard InChI is InChI=1S/C9H12N4S2/c1-2-3-4-15-9-7-6(10-5-11-7)8(14)12-13-9/h5H,2-4H2,1H3,(H,10,11)(H,12,14). The Morgan fingerprint density at radius 2 is 2.40 bits per heavy atom. The Labute approximate surface area is 96.9 Å². The molecule has 0 aliphatic carbocycles. The lowest BCUT2D eigenvalue weighted by Gasteiger charge is -2.00. The summed E-state index contributed by atoms with van der Waals surface area (Å²) in [6, 6.07) is 0. The van der Waals surface area contributed by atoms with Gasteiger partial charge in [-0.1, -0.05) is 25.6 Å². The van der Waals surface area contributed by atoms with E-state index in [9.17, 15) is 0 Å². The molecule has 0 radical (unpaired) electrons. The minimum absolute atomic E-state index is 0.589. The zero-order chi connectivity index (χ0) is 10.7. The predicted molar refractivity (Wildman–Crippen MR) is 64.7 cm³/mol. The minimum atomic E-state index is 0.589. The molecule has 0 spiro atoms. The molecule has 0 aromatic carbocycles. The number of hydrogen-bond donors (Lipinski definition) is 2. The summed E-state index contributed by atoms with van der Waals surface area (Å²) >= 11 is 6.82. The van der Waals surface area contributed by atoms with Crippen LogP contribution in [0.2, 0.25) is 0 Å². The molecule has 2 aromatic rings. The van der Waals surface area contributed by atoms with Gasteiger partial charge in [0.1, 0.15) is 20.7 Å². The lowest BCUT2D eigenvalue weighted by Crippen LogP contribution is -1.90. The quantitative estimate of drug-likeness (QED) is 0.490. The molecule has 0 amide bonds. The van der Waals surface area contributed by atoms with Crippen molar-refractivity contribution in [3.8, 4) is 0 Å². The highest BCUT2D eigenvalue weighted by molar-refractivity contribution is 7.99. The number of nitrogens with zero attached hydrogens (tertiary/aromatic N) is 2. The van der Waals surface area contributed by atoms with Crippen molar-refractivity contribution >= 4 is 35.0 Å². The van der Waals surface area contributed by atoms with Crippen LogP contribution < -0.4 is 0 Å². The minimum Gasteiger partial charge on any atom is -0.342 e. The van der Waals surface area contributed by atoms with Gasteiger partial charge in [-0.15, -0.1) is 11.8 Å².